The van der Waals surface area contributed by atoms with E-state index in [4.69, 9.17) is 4.74 Å². The second kappa shape index (κ2) is 3.00. The maximum absolute atomic E-state index is 4.76. The van der Waals surface area contributed by atoms with Gasteiger partial charge in [-0.05, 0) is 0 Å². The van der Waals surface area contributed by atoms with Gasteiger partial charge in [-0.15, -0.1) is 0 Å². The minimum atomic E-state index is 0.432. The summed E-state index contributed by atoms with van der Waals surface area (Å²) < 4.78 is 5.88. The number of ether oxygens (including phenoxy) is 1. The fraction of sp³-hybridized carbons (Fsp3) is 0.200. The van der Waals surface area contributed by atoms with Gasteiger partial charge in [0.2, 0.25) is 0 Å². The van der Waals surface area contributed by atoms with E-state index in [1.807, 2.05) is 0 Å². The fourth-order valence-electron chi connectivity index (χ4n) is 0.422. The molecule has 0 fully saturated rings. The third-order valence-electron chi connectivity index (χ3n) is 0.811. The Kier molecular flexibility index (Phi) is 2.27. The third kappa shape index (κ3) is 1.82. The molecule has 45 valence electrons. The molecule has 9 heavy (non-hydrogen) atoms. The van der Waals surface area contributed by atoms with Crippen LogP contribution in [0.1, 0.15) is 0 Å². The Bertz CT molecular complexity index is 187. The Morgan fingerprint density at radius 2 is 2.00 bits per heavy atom. The predicted molar refractivity (Wildman–Crippen MR) is 34.0 cm³/mol. The number of nitrogens with zero attached hydrogens (tertiary/aromatic N) is 2. The molecule has 0 N–H and O–H groups in total. The number of hydrogen-bond donors (Lipinski definition) is 0. The molecule has 0 aliphatic heterocycles. The van der Waals surface area contributed by atoms with Crippen molar-refractivity contribution in [2.75, 3.05) is 7.11 Å². The Labute approximate surface area is 66.6 Å². The quantitative estimate of drug-likeness (QED) is 0.594. The van der Waals surface area contributed by atoms with Gasteiger partial charge >= 0.3 is 66.3 Å². The van der Waals surface area contributed by atoms with Crippen LogP contribution in [0.25, 0.3) is 0 Å². The average molecular weight is 228 g/mol. The second-order valence-corrected chi connectivity index (χ2v) is 3.11. The molecule has 4 heteroatoms. The van der Waals surface area contributed by atoms with Crippen LogP contribution in [0.4, 0.5) is 0 Å². The van der Waals surface area contributed by atoms with Gasteiger partial charge in [-0.25, -0.2) is 0 Å². The van der Waals surface area contributed by atoms with Gasteiger partial charge in [-0.1, -0.05) is 0 Å². The second-order valence-electron chi connectivity index (χ2n) is 1.46. The third-order valence-corrected chi connectivity index (χ3v) is 1.55. The Morgan fingerprint density at radius 1 is 1.44 bits per heavy atom. The van der Waals surface area contributed by atoms with Gasteiger partial charge in [0.05, 0.1) is 0 Å². The summed E-state index contributed by atoms with van der Waals surface area (Å²) >= 11 is 1.32. The van der Waals surface area contributed by atoms with E-state index in [0.717, 1.165) is 3.58 Å². The van der Waals surface area contributed by atoms with Crippen LogP contribution in [0.5, 0.6) is 6.01 Å². The molecule has 0 aliphatic carbocycles. The van der Waals surface area contributed by atoms with Gasteiger partial charge in [0.25, 0.3) is 0 Å². The van der Waals surface area contributed by atoms with Gasteiger partial charge in [-0.2, -0.15) is 0 Å². The van der Waals surface area contributed by atoms with Crippen molar-refractivity contribution in [3.63, 3.8) is 0 Å². The van der Waals surface area contributed by atoms with Crippen LogP contribution in [0.15, 0.2) is 12.4 Å². The molecule has 0 aromatic carbocycles. The van der Waals surface area contributed by atoms with Gasteiger partial charge < -0.3 is 0 Å². The molecule has 0 atom stereocenters. The first-order chi connectivity index (χ1) is 4.33. The van der Waals surface area contributed by atoms with Gasteiger partial charge in [0.15, 0.2) is 0 Å². The number of hydrogen-bond acceptors (Lipinski definition) is 3. The molecular formula is C5H5N2OSn. The molecule has 0 amide bonds. The molecule has 1 aromatic heterocycles. The molecule has 0 aliphatic rings. The van der Waals surface area contributed by atoms with Gasteiger partial charge in [-0.3, -0.25) is 0 Å². The van der Waals surface area contributed by atoms with E-state index in [0.29, 0.717) is 6.01 Å². The van der Waals surface area contributed by atoms with E-state index in [-0.39, 0.29) is 0 Å². The van der Waals surface area contributed by atoms with Crippen molar-refractivity contribution >= 4 is 26.1 Å². The zero-order chi connectivity index (χ0) is 6.69. The zero-order valence-electron chi connectivity index (χ0n) is 4.96. The van der Waals surface area contributed by atoms with Crippen LogP contribution in [0.3, 0.4) is 0 Å². The average Bonchev–Trinajstić information content (AvgIpc) is 1.90. The monoisotopic (exact) mass is 229 g/mol. The molecule has 0 unspecified atom stereocenters. The molecule has 0 spiro atoms. The molecule has 0 saturated carbocycles. The number of methoxy groups -OCH3 is 1. The van der Waals surface area contributed by atoms with Crippen molar-refractivity contribution in [3.8, 4) is 6.01 Å². The molecule has 3 nitrogen and oxygen atoms in total. The van der Waals surface area contributed by atoms with Crippen LogP contribution >= 0.6 is 0 Å². The summed E-state index contributed by atoms with van der Waals surface area (Å²) in [7, 11) is 1.55. The summed E-state index contributed by atoms with van der Waals surface area (Å²) in [6.07, 6.45) is 3.51. The zero-order valence-corrected chi connectivity index (χ0v) is 7.81. The summed E-state index contributed by atoms with van der Waals surface area (Å²) in [5, 5.41) is 0. The normalized spacial score (nSPS) is 9.11. The van der Waals surface area contributed by atoms with Crippen molar-refractivity contribution < 1.29 is 4.74 Å². The van der Waals surface area contributed by atoms with Crippen molar-refractivity contribution in [1.29, 1.82) is 0 Å². The van der Waals surface area contributed by atoms with Crippen molar-refractivity contribution in [2.24, 2.45) is 0 Å². The van der Waals surface area contributed by atoms with E-state index in [2.05, 4.69) is 9.97 Å². The van der Waals surface area contributed by atoms with Crippen LogP contribution in [-0.4, -0.2) is 39.6 Å². The number of rotatable bonds is 1. The van der Waals surface area contributed by atoms with Crippen LogP contribution in [0.2, 0.25) is 0 Å². The summed E-state index contributed by atoms with van der Waals surface area (Å²) in [6, 6.07) is 0.432. The Hall–Kier alpha value is -0.321. The summed E-state index contributed by atoms with van der Waals surface area (Å²) in [5.74, 6) is 0. The molecule has 1 heterocycles. The van der Waals surface area contributed by atoms with E-state index >= 15 is 0 Å². The predicted octanol–water partition coefficient (Wildman–Crippen LogP) is -0.721. The number of aromatic nitrogens is 2. The molecule has 0 bridgehead atoms. The van der Waals surface area contributed by atoms with Gasteiger partial charge in [0, 0.05) is 0 Å². The van der Waals surface area contributed by atoms with Crippen LogP contribution in [-0.2, 0) is 0 Å². The van der Waals surface area contributed by atoms with Crippen LogP contribution in [0, 0.1) is 0 Å². The van der Waals surface area contributed by atoms with E-state index in [1.165, 1.54) is 22.5 Å². The van der Waals surface area contributed by atoms with Crippen molar-refractivity contribution in [3.05, 3.63) is 12.4 Å². The molecule has 1 aromatic rings. The summed E-state index contributed by atoms with van der Waals surface area (Å²) in [5.41, 5.74) is 0. The molecular weight excluding hydrogens is 223 g/mol. The topological polar surface area (TPSA) is 35.0 Å². The van der Waals surface area contributed by atoms with Crippen molar-refractivity contribution in [1.82, 2.24) is 9.97 Å². The first-order valence-corrected chi connectivity index (χ1v) is 3.83. The minimum absolute atomic E-state index is 0.432. The van der Waals surface area contributed by atoms with E-state index < -0.39 is 0 Å². The Morgan fingerprint density at radius 3 is 2.44 bits per heavy atom. The Balaban J connectivity index is 2.88. The summed E-state index contributed by atoms with van der Waals surface area (Å²) in [6.45, 7) is 0. The molecule has 3 radical (unpaired) electrons. The first-order valence-electron chi connectivity index (χ1n) is 2.40. The summed E-state index contributed by atoms with van der Waals surface area (Å²) in [4.78, 5) is 7.77. The first kappa shape index (κ1) is 6.79. The molecule has 1 rings (SSSR count). The van der Waals surface area contributed by atoms with Crippen molar-refractivity contribution in [2.45, 2.75) is 0 Å². The fourth-order valence-corrected chi connectivity index (χ4v) is 0.790. The van der Waals surface area contributed by atoms with E-state index in [1.54, 1.807) is 19.5 Å². The van der Waals surface area contributed by atoms with E-state index in [9.17, 15) is 0 Å². The maximum atomic E-state index is 4.76. The standard InChI is InChI=1S/C5H5N2O.Sn/c1-8-5-6-3-2-4-7-5;/h3-4H,1H3;. The SMILES string of the molecule is COc1nc[c]([Sn])cn1. The molecule has 0 saturated heterocycles. The van der Waals surface area contributed by atoms with Gasteiger partial charge in [0.1, 0.15) is 0 Å². The van der Waals surface area contributed by atoms with Crippen LogP contribution < -0.4 is 8.32 Å².